The van der Waals surface area contributed by atoms with Crippen LogP contribution in [0.4, 0.5) is 4.39 Å². The minimum absolute atomic E-state index is 0.298. The van der Waals surface area contributed by atoms with Crippen molar-refractivity contribution in [2.24, 2.45) is 0 Å². The van der Waals surface area contributed by atoms with Gasteiger partial charge in [-0.15, -0.1) is 0 Å². The van der Waals surface area contributed by atoms with Gasteiger partial charge in [-0.1, -0.05) is 15.9 Å². The number of aromatic nitrogens is 2. The first-order valence-electron chi connectivity index (χ1n) is 8.11. The van der Waals surface area contributed by atoms with Gasteiger partial charge in [0.15, 0.2) is 0 Å². The van der Waals surface area contributed by atoms with Gasteiger partial charge in [-0.25, -0.2) is 14.2 Å². The number of aromatic amines is 1. The second-order valence-electron chi connectivity index (χ2n) is 6.14. The average Bonchev–Trinajstić information content (AvgIpc) is 2.63. The molecule has 0 amide bonds. The van der Waals surface area contributed by atoms with Crippen LogP contribution in [0.2, 0.25) is 0 Å². The molecule has 2 aromatic carbocycles. The number of carbonyl (C=O) groups excluding carboxylic acids is 1. The van der Waals surface area contributed by atoms with Crippen LogP contribution >= 0.6 is 15.9 Å². The Labute approximate surface area is 163 Å². The van der Waals surface area contributed by atoms with E-state index in [1.54, 1.807) is 19.2 Å². The topological polar surface area (TPSA) is 75.3 Å². The third kappa shape index (κ3) is 4.40. The van der Waals surface area contributed by atoms with E-state index in [1.807, 2.05) is 4.90 Å². The highest BCUT2D eigenvalue weighted by Crippen LogP contribution is 2.18. The third-order valence-corrected chi connectivity index (χ3v) is 4.54. The van der Waals surface area contributed by atoms with Gasteiger partial charge in [-0.3, -0.25) is 9.69 Å². The Morgan fingerprint density at radius 3 is 2.78 bits per heavy atom. The van der Waals surface area contributed by atoms with Crippen molar-refractivity contribution >= 4 is 32.8 Å². The number of fused-ring (bicyclic) bond motifs is 1. The molecule has 0 fully saturated rings. The SMILES string of the molecule is COC(=O)c1ccc2c(=O)[nH]c(CN(C)Cc3cc(Br)ccc3F)nc2c1. The van der Waals surface area contributed by atoms with Crippen molar-refractivity contribution in [2.45, 2.75) is 13.1 Å². The summed E-state index contributed by atoms with van der Waals surface area (Å²) < 4.78 is 19.4. The Balaban J connectivity index is 1.86. The van der Waals surface area contributed by atoms with Crippen molar-refractivity contribution in [2.75, 3.05) is 14.2 Å². The fourth-order valence-electron chi connectivity index (χ4n) is 2.77. The van der Waals surface area contributed by atoms with Crippen LogP contribution in [0.5, 0.6) is 0 Å². The minimum Gasteiger partial charge on any atom is -0.465 e. The number of halogens is 2. The first-order chi connectivity index (χ1) is 12.9. The molecular formula is C19H17BrFN3O3. The molecule has 0 atom stereocenters. The van der Waals surface area contributed by atoms with Crippen LogP contribution in [0, 0.1) is 5.82 Å². The molecule has 27 heavy (non-hydrogen) atoms. The molecule has 3 rings (SSSR count). The zero-order chi connectivity index (χ0) is 19.6. The van der Waals surface area contributed by atoms with Crippen LogP contribution < -0.4 is 5.56 Å². The van der Waals surface area contributed by atoms with Crippen molar-refractivity contribution < 1.29 is 13.9 Å². The smallest absolute Gasteiger partial charge is 0.337 e. The number of carbonyl (C=O) groups is 1. The fourth-order valence-corrected chi connectivity index (χ4v) is 3.18. The van der Waals surface area contributed by atoms with E-state index in [2.05, 4.69) is 25.9 Å². The predicted molar refractivity (Wildman–Crippen MR) is 103 cm³/mol. The maximum atomic E-state index is 13.9. The van der Waals surface area contributed by atoms with E-state index >= 15 is 0 Å². The molecule has 1 N–H and O–H groups in total. The molecule has 0 spiro atoms. The Morgan fingerprint density at radius 2 is 2.04 bits per heavy atom. The highest BCUT2D eigenvalue weighted by atomic mass is 79.9. The van der Waals surface area contributed by atoms with Crippen molar-refractivity contribution in [3.05, 3.63) is 74.0 Å². The predicted octanol–water partition coefficient (Wildman–Crippen LogP) is 3.24. The minimum atomic E-state index is -0.497. The van der Waals surface area contributed by atoms with Gasteiger partial charge in [0.25, 0.3) is 5.56 Å². The van der Waals surface area contributed by atoms with Crippen LogP contribution in [-0.2, 0) is 17.8 Å². The Kier molecular flexibility index (Phi) is 5.67. The number of ether oxygens (including phenoxy) is 1. The van der Waals surface area contributed by atoms with Crippen LogP contribution in [0.3, 0.4) is 0 Å². The summed E-state index contributed by atoms with van der Waals surface area (Å²) >= 11 is 3.33. The van der Waals surface area contributed by atoms with Gasteiger partial charge >= 0.3 is 5.97 Å². The summed E-state index contributed by atoms with van der Waals surface area (Å²) in [7, 11) is 3.09. The zero-order valence-corrected chi connectivity index (χ0v) is 16.3. The Hall–Kier alpha value is -2.58. The number of esters is 1. The van der Waals surface area contributed by atoms with Gasteiger partial charge in [0.2, 0.25) is 0 Å². The number of rotatable bonds is 5. The second kappa shape index (κ2) is 7.98. The van der Waals surface area contributed by atoms with Gasteiger partial charge in [-0.2, -0.15) is 0 Å². The Bertz CT molecular complexity index is 1070. The number of nitrogens with zero attached hydrogens (tertiary/aromatic N) is 2. The molecule has 0 radical (unpaired) electrons. The molecule has 0 aliphatic carbocycles. The molecule has 0 saturated carbocycles. The highest BCUT2D eigenvalue weighted by molar-refractivity contribution is 9.10. The van der Waals surface area contributed by atoms with Crippen LogP contribution in [0.1, 0.15) is 21.7 Å². The van der Waals surface area contributed by atoms with Gasteiger partial charge in [0.1, 0.15) is 11.6 Å². The van der Waals surface area contributed by atoms with Gasteiger partial charge in [0.05, 0.1) is 30.1 Å². The van der Waals surface area contributed by atoms with E-state index in [9.17, 15) is 14.0 Å². The lowest BCUT2D eigenvalue weighted by molar-refractivity contribution is 0.0601. The molecule has 0 saturated heterocycles. The van der Waals surface area contributed by atoms with Crippen molar-refractivity contribution in [1.82, 2.24) is 14.9 Å². The number of benzene rings is 2. The standard InChI is InChI=1S/C19H17BrFN3O3/c1-24(9-12-7-13(20)4-6-15(12)21)10-17-22-16-8-11(19(26)27-2)3-5-14(16)18(25)23-17/h3-8H,9-10H2,1-2H3,(H,22,23,25). The van der Waals surface area contributed by atoms with Crippen molar-refractivity contribution in [3.8, 4) is 0 Å². The summed E-state index contributed by atoms with van der Waals surface area (Å²) in [4.78, 5) is 33.0. The monoisotopic (exact) mass is 433 g/mol. The maximum absolute atomic E-state index is 13.9. The summed E-state index contributed by atoms with van der Waals surface area (Å²) in [6, 6.07) is 9.33. The van der Waals surface area contributed by atoms with E-state index in [4.69, 9.17) is 4.74 Å². The normalized spacial score (nSPS) is 11.1. The average molecular weight is 434 g/mol. The van der Waals surface area contributed by atoms with E-state index < -0.39 is 5.97 Å². The third-order valence-electron chi connectivity index (χ3n) is 4.04. The highest BCUT2D eigenvalue weighted by Gasteiger charge is 2.12. The summed E-state index contributed by atoms with van der Waals surface area (Å²) in [6.45, 7) is 0.648. The van der Waals surface area contributed by atoms with E-state index in [1.165, 1.54) is 31.4 Å². The van der Waals surface area contributed by atoms with E-state index in [0.29, 0.717) is 40.9 Å². The van der Waals surface area contributed by atoms with Gasteiger partial charge < -0.3 is 9.72 Å². The molecule has 0 aliphatic heterocycles. The lowest BCUT2D eigenvalue weighted by Gasteiger charge is -2.17. The maximum Gasteiger partial charge on any atom is 0.337 e. The fraction of sp³-hybridized carbons (Fsp3) is 0.211. The van der Waals surface area contributed by atoms with E-state index in [0.717, 1.165) is 4.47 Å². The van der Waals surface area contributed by atoms with Gasteiger partial charge in [-0.05, 0) is 43.4 Å². The summed E-state index contributed by atoms with van der Waals surface area (Å²) in [5.41, 5.74) is 0.953. The second-order valence-corrected chi connectivity index (χ2v) is 7.06. The summed E-state index contributed by atoms with van der Waals surface area (Å²) in [6.07, 6.45) is 0. The number of hydrogen-bond donors (Lipinski definition) is 1. The van der Waals surface area contributed by atoms with Crippen LogP contribution in [-0.4, -0.2) is 35.0 Å². The lowest BCUT2D eigenvalue weighted by Crippen LogP contribution is -2.22. The molecule has 1 aromatic heterocycles. The molecule has 8 heteroatoms. The molecule has 0 aliphatic rings. The van der Waals surface area contributed by atoms with Crippen molar-refractivity contribution in [1.29, 1.82) is 0 Å². The lowest BCUT2D eigenvalue weighted by atomic mass is 10.1. The Morgan fingerprint density at radius 1 is 1.26 bits per heavy atom. The summed E-state index contributed by atoms with van der Waals surface area (Å²) in [5, 5.41) is 0.382. The number of methoxy groups -OCH3 is 1. The number of hydrogen-bond acceptors (Lipinski definition) is 5. The van der Waals surface area contributed by atoms with Crippen molar-refractivity contribution in [3.63, 3.8) is 0 Å². The van der Waals surface area contributed by atoms with Crippen LogP contribution in [0.25, 0.3) is 10.9 Å². The largest absolute Gasteiger partial charge is 0.465 e. The number of H-pyrrole nitrogens is 1. The molecule has 140 valence electrons. The quantitative estimate of drug-likeness (QED) is 0.625. The molecule has 0 unspecified atom stereocenters. The molecule has 0 bridgehead atoms. The molecule has 1 heterocycles. The zero-order valence-electron chi connectivity index (χ0n) is 14.8. The molecular weight excluding hydrogens is 417 g/mol. The summed E-state index contributed by atoms with van der Waals surface area (Å²) in [5.74, 6) is -0.372. The first kappa shape index (κ1) is 19.2. The number of nitrogens with one attached hydrogen (secondary N) is 1. The van der Waals surface area contributed by atoms with Gasteiger partial charge in [0, 0.05) is 16.6 Å². The molecule has 3 aromatic rings. The first-order valence-corrected chi connectivity index (χ1v) is 8.90. The van der Waals surface area contributed by atoms with Crippen LogP contribution in [0.15, 0.2) is 45.7 Å². The molecule has 6 nitrogen and oxygen atoms in total. The van der Waals surface area contributed by atoms with E-state index in [-0.39, 0.29) is 11.4 Å².